The number of nitrogens with zero attached hydrogens (tertiary/aromatic N) is 2. The molecule has 1 aliphatic heterocycles. The lowest BCUT2D eigenvalue weighted by atomic mass is 9.94. The number of carbonyl (C=O) groups is 2. The Kier molecular flexibility index (Phi) is 5.09. The highest BCUT2D eigenvalue weighted by Gasteiger charge is 2.48. The van der Waals surface area contributed by atoms with Crippen LogP contribution >= 0.6 is 11.3 Å². The molecule has 1 unspecified atom stereocenters. The molecule has 152 valence electrons. The number of aliphatic hydroxyl groups is 1. The molecule has 2 aromatic carbocycles. The van der Waals surface area contributed by atoms with Crippen LogP contribution in [0.5, 0.6) is 5.75 Å². The van der Waals surface area contributed by atoms with Crippen molar-refractivity contribution in [1.29, 1.82) is 0 Å². The highest BCUT2D eigenvalue weighted by Crippen LogP contribution is 2.43. The summed E-state index contributed by atoms with van der Waals surface area (Å²) in [5.41, 5.74) is 0.966. The van der Waals surface area contributed by atoms with Crippen molar-refractivity contribution in [2.24, 2.45) is 0 Å². The monoisotopic (exact) mass is 424 g/mol. The van der Waals surface area contributed by atoms with Crippen LogP contribution in [0, 0.1) is 12.7 Å². The lowest BCUT2D eigenvalue weighted by Gasteiger charge is -2.23. The third-order valence-electron chi connectivity index (χ3n) is 4.94. The standard InChI is InChI=1S/C22H17FN2O4S/c1-12-11-13(7-8-16(12)29-2)19(26)17-18(14-5-3-4-6-15(14)23)25(21(28)20(17)27)22-24-9-10-30-22/h3-11,18,26H,1-2H3. The smallest absolute Gasteiger partial charge is 0.301 e. The van der Waals surface area contributed by atoms with E-state index in [4.69, 9.17) is 4.74 Å². The number of thiazole rings is 1. The molecule has 0 radical (unpaired) electrons. The predicted molar refractivity (Wildman–Crippen MR) is 111 cm³/mol. The normalized spacial score (nSPS) is 18.1. The van der Waals surface area contributed by atoms with Gasteiger partial charge in [0.1, 0.15) is 23.4 Å². The van der Waals surface area contributed by atoms with Crippen LogP contribution in [0.15, 0.2) is 59.6 Å². The molecule has 8 heteroatoms. The molecular weight excluding hydrogens is 407 g/mol. The van der Waals surface area contributed by atoms with E-state index < -0.39 is 23.5 Å². The average Bonchev–Trinajstić information content (AvgIpc) is 3.35. The number of ketones is 1. The molecule has 4 rings (SSSR count). The van der Waals surface area contributed by atoms with Gasteiger partial charge in [0.2, 0.25) is 0 Å². The Morgan fingerprint density at radius 2 is 2.00 bits per heavy atom. The predicted octanol–water partition coefficient (Wildman–Crippen LogP) is 4.23. The number of aryl methyl sites for hydroxylation is 1. The van der Waals surface area contributed by atoms with Gasteiger partial charge in [-0.1, -0.05) is 18.2 Å². The van der Waals surface area contributed by atoms with Crippen LogP contribution in [0.4, 0.5) is 9.52 Å². The van der Waals surface area contributed by atoms with Gasteiger partial charge in [0.25, 0.3) is 5.78 Å². The Balaban J connectivity index is 1.95. The van der Waals surface area contributed by atoms with Crippen molar-refractivity contribution in [3.05, 3.63) is 82.1 Å². The van der Waals surface area contributed by atoms with Crippen molar-refractivity contribution in [3.63, 3.8) is 0 Å². The number of rotatable bonds is 4. The van der Waals surface area contributed by atoms with E-state index >= 15 is 0 Å². The Morgan fingerprint density at radius 3 is 2.63 bits per heavy atom. The van der Waals surface area contributed by atoms with Gasteiger partial charge in [-0.15, -0.1) is 11.3 Å². The van der Waals surface area contributed by atoms with Crippen LogP contribution < -0.4 is 9.64 Å². The summed E-state index contributed by atoms with van der Waals surface area (Å²) in [7, 11) is 1.53. The van der Waals surface area contributed by atoms with Crippen molar-refractivity contribution >= 4 is 33.9 Å². The lowest BCUT2D eigenvalue weighted by Crippen LogP contribution is -2.29. The first kappa shape index (κ1) is 19.8. The van der Waals surface area contributed by atoms with Crippen molar-refractivity contribution in [2.75, 3.05) is 12.0 Å². The zero-order valence-corrected chi connectivity index (χ0v) is 16.9. The third-order valence-corrected chi connectivity index (χ3v) is 5.71. The highest BCUT2D eigenvalue weighted by atomic mass is 32.1. The van der Waals surface area contributed by atoms with E-state index in [9.17, 15) is 19.1 Å². The molecule has 2 heterocycles. The maximum Gasteiger partial charge on any atom is 0.301 e. The molecule has 0 saturated carbocycles. The van der Waals surface area contributed by atoms with E-state index in [1.54, 1.807) is 36.6 Å². The summed E-state index contributed by atoms with van der Waals surface area (Å²) in [4.78, 5) is 31.1. The van der Waals surface area contributed by atoms with E-state index in [0.29, 0.717) is 11.3 Å². The lowest BCUT2D eigenvalue weighted by molar-refractivity contribution is -0.132. The number of benzene rings is 2. The second kappa shape index (κ2) is 7.72. The van der Waals surface area contributed by atoms with E-state index in [2.05, 4.69) is 4.98 Å². The highest BCUT2D eigenvalue weighted by molar-refractivity contribution is 7.14. The molecule has 3 aromatic rings. The molecule has 1 N–H and O–H groups in total. The first-order valence-electron chi connectivity index (χ1n) is 9.04. The molecule has 0 aliphatic carbocycles. The van der Waals surface area contributed by atoms with E-state index in [1.165, 1.54) is 31.5 Å². The number of amides is 1. The molecular formula is C22H17FN2O4S. The molecule has 1 atom stereocenters. The summed E-state index contributed by atoms with van der Waals surface area (Å²) >= 11 is 1.15. The van der Waals surface area contributed by atoms with Gasteiger partial charge in [0.15, 0.2) is 5.13 Å². The van der Waals surface area contributed by atoms with Gasteiger partial charge in [-0.25, -0.2) is 9.37 Å². The third kappa shape index (κ3) is 3.15. The maximum atomic E-state index is 14.7. The number of ether oxygens (including phenoxy) is 1. The van der Waals surface area contributed by atoms with Crippen molar-refractivity contribution < 1.29 is 23.8 Å². The van der Waals surface area contributed by atoms with Crippen LogP contribution in [0.2, 0.25) is 0 Å². The fourth-order valence-electron chi connectivity index (χ4n) is 3.54. The first-order valence-corrected chi connectivity index (χ1v) is 9.92. The molecule has 1 aromatic heterocycles. The van der Waals surface area contributed by atoms with Crippen LogP contribution in [0.3, 0.4) is 0 Å². The molecule has 6 nitrogen and oxygen atoms in total. The van der Waals surface area contributed by atoms with Gasteiger partial charge >= 0.3 is 5.91 Å². The quantitative estimate of drug-likeness (QED) is 0.385. The molecule has 1 amide bonds. The minimum Gasteiger partial charge on any atom is -0.507 e. The minimum atomic E-state index is -1.14. The number of aliphatic hydroxyl groups excluding tert-OH is 1. The summed E-state index contributed by atoms with van der Waals surface area (Å²) in [5, 5.41) is 12.9. The SMILES string of the molecule is COc1ccc(C(O)=C2C(=O)C(=O)N(c3nccs3)C2c2ccccc2F)cc1C. The van der Waals surface area contributed by atoms with Gasteiger partial charge in [-0.2, -0.15) is 0 Å². The topological polar surface area (TPSA) is 79.7 Å². The molecule has 1 saturated heterocycles. The van der Waals surface area contributed by atoms with Gasteiger partial charge < -0.3 is 9.84 Å². The van der Waals surface area contributed by atoms with Crippen LogP contribution in [0.25, 0.3) is 5.76 Å². The second-order valence-electron chi connectivity index (χ2n) is 6.69. The van der Waals surface area contributed by atoms with E-state index in [-0.39, 0.29) is 22.0 Å². The average molecular weight is 424 g/mol. The number of methoxy groups -OCH3 is 1. The number of carbonyl (C=O) groups excluding carboxylic acids is 2. The second-order valence-corrected chi connectivity index (χ2v) is 7.56. The fourth-order valence-corrected chi connectivity index (χ4v) is 4.20. The fraction of sp³-hybridized carbons (Fsp3) is 0.136. The van der Waals surface area contributed by atoms with Crippen LogP contribution in [0.1, 0.15) is 22.7 Å². The first-order chi connectivity index (χ1) is 14.4. The molecule has 1 fully saturated rings. The van der Waals surface area contributed by atoms with E-state index in [0.717, 1.165) is 21.8 Å². The Morgan fingerprint density at radius 1 is 1.23 bits per heavy atom. The number of Topliss-reactive ketones (excluding diaryl/α,β-unsaturated/α-hetero) is 1. The van der Waals surface area contributed by atoms with Gasteiger partial charge in [-0.3, -0.25) is 14.5 Å². The molecule has 1 aliphatic rings. The minimum absolute atomic E-state index is 0.0960. The number of aromatic nitrogens is 1. The Bertz CT molecular complexity index is 1170. The summed E-state index contributed by atoms with van der Waals surface area (Å²) in [6, 6.07) is 9.59. The summed E-state index contributed by atoms with van der Waals surface area (Å²) in [6.07, 6.45) is 1.49. The molecule has 0 bridgehead atoms. The summed E-state index contributed by atoms with van der Waals surface area (Å²) < 4.78 is 20.0. The van der Waals surface area contributed by atoms with Gasteiger partial charge in [0, 0.05) is 22.7 Å². The van der Waals surface area contributed by atoms with Gasteiger partial charge in [0.05, 0.1) is 12.7 Å². The van der Waals surface area contributed by atoms with Crippen LogP contribution in [-0.2, 0) is 9.59 Å². The Hall–Kier alpha value is -3.52. The van der Waals surface area contributed by atoms with E-state index in [1.807, 2.05) is 0 Å². The molecule has 30 heavy (non-hydrogen) atoms. The summed E-state index contributed by atoms with van der Waals surface area (Å²) in [5.74, 6) is -2.14. The van der Waals surface area contributed by atoms with Crippen LogP contribution in [-0.4, -0.2) is 28.9 Å². The van der Waals surface area contributed by atoms with Crippen molar-refractivity contribution in [3.8, 4) is 5.75 Å². The number of hydrogen-bond donors (Lipinski definition) is 1. The van der Waals surface area contributed by atoms with Gasteiger partial charge in [-0.05, 0) is 36.8 Å². The van der Waals surface area contributed by atoms with Crippen molar-refractivity contribution in [1.82, 2.24) is 4.98 Å². The number of anilines is 1. The zero-order chi connectivity index (χ0) is 21.4. The maximum absolute atomic E-state index is 14.7. The van der Waals surface area contributed by atoms with Crippen molar-refractivity contribution in [2.45, 2.75) is 13.0 Å². The number of halogens is 1. The summed E-state index contributed by atoms with van der Waals surface area (Å²) in [6.45, 7) is 1.79. The molecule has 0 spiro atoms. The Labute approximate surface area is 175 Å². The number of hydrogen-bond acceptors (Lipinski definition) is 6. The zero-order valence-electron chi connectivity index (χ0n) is 16.1. The largest absolute Gasteiger partial charge is 0.507 e.